The highest BCUT2D eigenvalue weighted by Gasteiger charge is 2.07. The molecule has 0 aliphatic carbocycles. The van der Waals surface area contributed by atoms with Gasteiger partial charge in [0.1, 0.15) is 5.52 Å². The summed E-state index contributed by atoms with van der Waals surface area (Å²) in [5.41, 5.74) is 1.42. The van der Waals surface area contributed by atoms with E-state index in [1.54, 1.807) is 18.2 Å². The lowest BCUT2D eigenvalue weighted by molar-refractivity contribution is 0.489. The van der Waals surface area contributed by atoms with Gasteiger partial charge in [0, 0.05) is 23.4 Å². The molecule has 2 aromatic rings. The molecule has 1 aromatic carbocycles. The van der Waals surface area contributed by atoms with E-state index in [1.165, 1.54) is 11.8 Å². The summed E-state index contributed by atoms with van der Waals surface area (Å²) in [6.07, 6.45) is 1.85. The summed E-state index contributed by atoms with van der Waals surface area (Å²) < 4.78 is 29.7. The summed E-state index contributed by atoms with van der Waals surface area (Å²) >= 11 is 7.30. The van der Waals surface area contributed by atoms with Crippen LogP contribution < -0.4 is 4.72 Å². The smallest absolute Gasteiger partial charge is 0.256 e. The summed E-state index contributed by atoms with van der Waals surface area (Å²) in [5.74, 6) is 0.725. The lowest BCUT2D eigenvalue weighted by Crippen LogP contribution is -2.23. The number of fused-ring (bicyclic) bond motifs is 1. The number of benzene rings is 1. The van der Waals surface area contributed by atoms with Crippen molar-refractivity contribution in [2.75, 3.05) is 18.6 Å². The fraction of sp³-hybridized carbons (Fsp3) is 0.364. The van der Waals surface area contributed by atoms with Gasteiger partial charge >= 0.3 is 0 Å². The Morgan fingerprint density at radius 3 is 3.00 bits per heavy atom. The first-order chi connectivity index (χ1) is 8.94. The molecule has 0 radical (unpaired) electrons. The summed E-state index contributed by atoms with van der Waals surface area (Å²) in [6.45, 7) is 0.415. The Kier molecular flexibility index (Phi) is 4.72. The Morgan fingerprint density at radius 1 is 1.47 bits per heavy atom. The van der Waals surface area contributed by atoms with Crippen LogP contribution in [0, 0.1) is 0 Å². The van der Waals surface area contributed by atoms with Crippen molar-refractivity contribution in [1.29, 1.82) is 0 Å². The summed E-state index contributed by atoms with van der Waals surface area (Å²) in [7, 11) is -3.11. The highest BCUT2D eigenvalue weighted by Crippen LogP contribution is 2.25. The standard InChI is InChI=1S/C11H13ClN2O3S2/c1-19(15,16)13-5-2-6-18-11-14-9-4-3-8(12)7-10(9)17-11/h3-4,7,13H,2,5-6H2,1H3. The Hall–Kier alpha value is -0.760. The van der Waals surface area contributed by atoms with Crippen molar-refractivity contribution >= 4 is 44.5 Å². The molecule has 0 amide bonds. The molecule has 0 aliphatic heterocycles. The molecule has 0 bridgehead atoms. The van der Waals surface area contributed by atoms with Crippen LogP contribution in [0.1, 0.15) is 6.42 Å². The predicted octanol–water partition coefficient (Wildman–Crippen LogP) is 2.51. The SMILES string of the molecule is CS(=O)(=O)NCCCSc1nc2ccc(Cl)cc2o1. The molecular weight excluding hydrogens is 308 g/mol. The van der Waals surface area contributed by atoms with Crippen LogP contribution in [0.4, 0.5) is 0 Å². The van der Waals surface area contributed by atoms with Gasteiger partial charge in [0.25, 0.3) is 5.22 Å². The molecule has 0 aliphatic rings. The first kappa shape index (κ1) is 14.6. The van der Waals surface area contributed by atoms with Gasteiger partial charge in [-0.25, -0.2) is 18.1 Å². The zero-order chi connectivity index (χ0) is 13.9. The number of sulfonamides is 1. The van der Waals surface area contributed by atoms with Crippen LogP contribution in [0.15, 0.2) is 27.8 Å². The molecule has 0 spiro atoms. The van der Waals surface area contributed by atoms with Crippen molar-refractivity contribution in [3.8, 4) is 0 Å². The number of nitrogens with one attached hydrogen (secondary N) is 1. The van der Waals surface area contributed by atoms with Crippen molar-refractivity contribution < 1.29 is 12.8 Å². The molecule has 0 atom stereocenters. The summed E-state index contributed by atoms with van der Waals surface area (Å²) in [4.78, 5) is 4.30. The van der Waals surface area contributed by atoms with E-state index in [0.29, 0.717) is 28.8 Å². The fourth-order valence-electron chi connectivity index (χ4n) is 1.43. The van der Waals surface area contributed by atoms with E-state index in [1.807, 2.05) is 0 Å². The second kappa shape index (κ2) is 6.13. The molecule has 19 heavy (non-hydrogen) atoms. The van der Waals surface area contributed by atoms with E-state index in [0.717, 1.165) is 17.5 Å². The van der Waals surface area contributed by atoms with Crippen LogP contribution in [0.3, 0.4) is 0 Å². The van der Waals surface area contributed by atoms with Gasteiger partial charge in [-0.15, -0.1) is 0 Å². The van der Waals surface area contributed by atoms with Gasteiger partial charge in [0.2, 0.25) is 10.0 Å². The Balaban J connectivity index is 1.85. The average Bonchev–Trinajstić information content (AvgIpc) is 2.68. The second-order valence-corrected chi connectivity index (χ2v) is 7.28. The minimum atomic E-state index is -3.11. The van der Waals surface area contributed by atoms with Crippen LogP contribution in [-0.2, 0) is 10.0 Å². The van der Waals surface area contributed by atoms with E-state index in [-0.39, 0.29) is 0 Å². The molecule has 1 heterocycles. The first-order valence-corrected chi connectivity index (χ1v) is 8.83. The Bertz CT molecular complexity index is 670. The van der Waals surface area contributed by atoms with Gasteiger partial charge in [0.15, 0.2) is 5.58 Å². The zero-order valence-electron chi connectivity index (χ0n) is 10.2. The number of rotatable bonds is 6. The van der Waals surface area contributed by atoms with Crippen molar-refractivity contribution in [2.24, 2.45) is 0 Å². The van der Waals surface area contributed by atoms with Crippen LogP contribution in [-0.4, -0.2) is 32.0 Å². The van der Waals surface area contributed by atoms with Crippen molar-refractivity contribution in [3.63, 3.8) is 0 Å². The van der Waals surface area contributed by atoms with Crippen molar-refractivity contribution in [3.05, 3.63) is 23.2 Å². The van der Waals surface area contributed by atoms with Crippen LogP contribution in [0.5, 0.6) is 0 Å². The van der Waals surface area contributed by atoms with Gasteiger partial charge in [0.05, 0.1) is 6.26 Å². The number of thioether (sulfide) groups is 1. The minimum absolute atomic E-state index is 0.415. The molecule has 0 saturated heterocycles. The highest BCUT2D eigenvalue weighted by molar-refractivity contribution is 7.99. The summed E-state index contributed by atoms with van der Waals surface area (Å²) in [5, 5.41) is 1.18. The maximum atomic E-state index is 10.9. The molecule has 0 saturated carbocycles. The predicted molar refractivity (Wildman–Crippen MR) is 77.2 cm³/mol. The molecule has 8 heteroatoms. The number of oxazole rings is 1. The normalized spacial score (nSPS) is 12.1. The average molecular weight is 321 g/mol. The molecular formula is C11H13ClN2O3S2. The lowest BCUT2D eigenvalue weighted by atomic mass is 10.3. The molecule has 1 N–H and O–H groups in total. The highest BCUT2D eigenvalue weighted by atomic mass is 35.5. The molecule has 2 rings (SSSR count). The molecule has 0 fully saturated rings. The van der Waals surface area contributed by atoms with E-state index < -0.39 is 10.0 Å². The largest absolute Gasteiger partial charge is 0.431 e. The van der Waals surface area contributed by atoms with Gasteiger partial charge in [-0.2, -0.15) is 0 Å². The molecule has 1 aromatic heterocycles. The van der Waals surface area contributed by atoms with Gasteiger partial charge < -0.3 is 4.42 Å². The topological polar surface area (TPSA) is 72.2 Å². The third-order valence-electron chi connectivity index (χ3n) is 2.24. The van der Waals surface area contributed by atoms with Gasteiger partial charge in [-0.3, -0.25) is 0 Å². The van der Waals surface area contributed by atoms with Crippen molar-refractivity contribution in [1.82, 2.24) is 9.71 Å². The van der Waals surface area contributed by atoms with Gasteiger partial charge in [-0.1, -0.05) is 23.4 Å². The zero-order valence-corrected chi connectivity index (χ0v) is 12.6. The quantitative estimate of drug-likeness (QED) is 0.654. The van der Waals surface area contributed by atoms with E-state index >= 15 is 0 Å². The third kappa shape index (κ3) is 4.68. The molecule has 5 nitrogen and oxygen atoms in total. The van der Waals surface area contributed by atoms with Gasteiger partial charge in [-0.05, 0) is 18.6 Å². The maximum Gasteiger partial charge on any atom is 0.256 e. The third-order valence-corrected chi connectivity index (χ3v) is 4.12. The van der Waals surface area contributed by atoms with Crippen LogP contribution in [0.2, 0.25) is 5.02 Å². The number of halogens is 1. The van der Waals surface area contributed by atoms with Crippen LogP contribution in [0.25, 0.3) is 11.1 Å². The minimum Gasteiger partial charge on any atom is -0.431 e. The van der Waals surface area contributed by atoms with Crippen LogP contribution >= 0.6 is 23.4 Å². The maximum absolute atomic E-state index is 10.9. The second-order valence-electron chi connectivity index (χ2n) is 3.96. The van der Waals surface area contributed by atoms with E-state index in [9.17, 15) is 8.42 Å². The number of aromatic nitrogens is 1. The van der Waals surface area contributed by atoms with E-state index in [2.05, 4.69) is 9.71 Å². The Labute approximate surface area is 120 Å². The fourth-order valence-corrected chi connectivity index (χ4v) is 2.88. The van der Waals surface area contributed by atoms with E-state index in [4.69, 9.17) is 16.0 Å². The monoisotopic (exact) mass is 320 g/mol. The summed E-state index contributed by atoms with van der Waals surface area (Å²) in [6, 6.07) is 5.28. The van der Waals surface area contributed by atoms with Crippen molar-refractivity contribution in [2.45, 2.75) is 11.6 Å². The number of nitrogens with zero attached hydrogens (tertiary/aromatic N) is 1. The number of hydrogen-bond acceptors (Lipinski definition) is 5. The lowest BCUT2D eigenvalue weighted by Gasteiger charge is -2.00. The first-order valence-electron chi connectivity index (χ1n) is 5.57. The number of hydrogen-bond donors (Lipinski definition) is 1. The molecule has 104 valence electrons. The Morgan fingerprint density at radius 2 is 2.26 bits per heavy atom. The molecule has 0 unspecified atom stereocenters.